The van der Waals surface area contributed by atoms with E-state index in [9.17, 15) is 14.4 Å². The zero-order valence-electron chi connectivity index (χ0n) is 13.8. The highest BCUT2D eigenvalue weighted by atomic mass is 35.5. The van der Waals surface area contributed by atoms with Crippen LogP contribution in [0.15, 0.2) is 54.0 Å². The Kier molecular flexibility index (Phi) is 4.47. The molecule has 0 bridgehead atoms. The molecule has 0 radical (unpaired) electrons. The Labute approximate surface area is 163 Å². The summed E-state index contributed by atoms with van der Waals surface area (Å²) in [5.74, 6) is -1.24. The summed E-state index contributed by atoms with van der Waals surface area (Å²) in [6.07, 6.45) is 1.58. The molecule has 134 valence electrons. The van der Waals surface area contributed by atoms with Gasteiger partial charge >= 0.3 is 0 Å². The Morgan fingerprint density at radius 2 is 1.89 bits per heavy atom. The minimum absolute atomic E-state index is 0.0761. The molecule has 0 saturated carbocycles. The highest BCUT2D eigenvalue weighted by Gasteiger charge is 2.36. The Bertz CT molecular complexity index is 1070. The number of benzene rings is 2. The van der Waals surface area contributed by atoms with Gasteiger partial charge < -0.3 is 0 Å². The van der Waals surface area contributed by atoms with E-state index in [1.165, 1.54) is 29.5 Å². The maximum atomic E-state index is 12.7. The number of hydrogen-bond donors (Lipinski definition) is 1. The lowest BCUT2D eigenvalue weighted by Gasteiger charge is -2.14. The second-order valence-electron chi connectivity index (χ2n) is 5.84. The molecular formula is C19H12ClN3O3S. The van der Waals surface area contributed by atoms with Gasteiger partial charge in [-0.2, -0.15) is 0 Å². The molecule has 0 aliphatic carbocycles. The number of carbonyl (C=O) groups excluding carboxylic acids is 3. The minimum Gasteiger partial charge on any atom is -0.298 e. The lowest BCUT2D eigenvalue weighted by molar-refractivity contribution is 0.0642. The monoisotopic (exact) mass is 397 g/mol. The van der Waals surface area contributed by atoms with Crippen LogP contribution < -0.4 is 5.32 Å². The third-order valence-corrected chi connectivity index (χ3v) is 5.23. The maximum absolute atomic E-state index is 12.7. The molecule has 1 aromatic heterocycles. The number of nitrogens with zero attached hydrogens (tertiary/aromatic N) is 2. The van der Waals surface area contributed by atoms with E-state index in [1.807, 2.05) is 0 Å². The van der Waals surface area contributed by atoms with Crippen LogP contribution in [0, 0.1) is 0 Å². The molecular weight excluding hydrogens is 386 g/mol. The second kappa shape index (κ2) is 6.94. The number of halogens is 1. The van der Waals surface area contributed by atoms with Gasteiger partial charge in [0.2, 0.25) is 0 Å². The van der Waals surface area contributed by atoms with Crippen molar-refractivity contribution in [2.45, 2.75) is 6.54 Å². The number of carbonyl (C=O) groups is 3. The van der Waals surface area contributed by atoms with E-state index in [1.54, 1.807) is 35.8 Å². The van der Waals surface area contributed by atoms with Gasteiger partial charge in [0.1, 0.15) is 0 Å². The molecule has 4 rings (SSSR count). The van der Waals surface area contributed by atoms with Crippen LogP contribution in [0.4, 0.5) is 5.13 Å². The van der Waals surface area contributed by atoms with E-state index in [2.05, 4.69) is 10.3 Å². The molecule has 0 fully saturated rings. The zero-order valence-corrected chi connectivity index (χ0v) is 15.4. The smallest absolute Gasteiger partial charge is 0.261 e. The first-order valence-corrected chi connectivity index (χ1v) is 9.25. The summed E-state index contributed by atoms with van der Waals surface area (Å²) in [7, 11) is 0. The van der Waals surface area contributed by atoms with Gasteiger partial charge in [-0.05, 0) is 29.8 Å². The van der Waals surface area contributed by atoms with Gasteiger partial charge in [-0.25, -0.2) is 4.98 Å². The first-order chi connectivity index (χ1) is 13.0. The number of fused-ring (bicyclic) bond motifs is 1. The summed E-state index contributed by atoms with van der Waals surface area (Å²) in [6, 6.07) is 11.5. The Morgan fingerprint density at radius 3 is 2.63 bits per heavy atom. The highest BCUT2D eigenvalue weighted by molar-refractivity contribution is 7.13. The normalized spacial score (nSPS) is 13.0. The molecule has 27 heavy (non-hydrogen) atoms. The predicted octanol–water partition coefficient (Wildman–Crippen LogP) is 3.85. The van der Waals surface area contributed by atoms with E-state index in [0.29, 0.717) is 15.7 Å². The quantitative estimate of drug-likeness (QED) is 0.678. The van der Waals surface area contributed by atoms with Crippen LogP contribution in [-0.4, -0.2) is 27.6 Å². The summed E-state index contributed by atoms with van der Waals surface area (Å²) in [6.45, 7) is 0.0761. The molecule has 3 amide bonds. The number of imide groups is 1. The molecule has 6 nitrogen and oxygen atoms in total. The molecule has 3 aromatic rings. The molecule has 1 N–H and O–H groups in total. The van der Waals surface area contributed by atoms with Gasteiger partial charge in [-0.1, -0.05) is 29.8 Å². The molecule has 2 heterocycles. The number of amides is 3. The zero-order chi connectivity index (χ0) is 19.0. The molecule has 0 atom stereocenters. The molecule has 0 saturated heterocycles. The lowest BCUT2D eigenvalue weighted by Crippen LogP contribution is -2.29. The average Bonchev–Trinajstić information content (AvgIpc) is 3.26. The van der Waals surface area contributed by atoms with E-state index in [-0.39, 0.29) is 23.2 Å². The number of rotatable bonds is 4. The second-order valence-corrected chi connectivity index (χ2v) is 7.14. The Morgan fingerprint density at radius 1 is 1.11 bits per heavy atom. The fourth-order valence-electron chi connectivity index (χ4n) is 2.83. The Balaban J connectivity index is 1.60. The predicted molar refractivity (Wildman–Crippen MR) is 102 cm³/mol. The number of hydrogen-bond acceptors (Lipinski definition) is 5. The van der Waals surface area contributed by atoms with E-state index < -0.39 is 17.7 Å². The number of thiazole rings is 1. The van der Waals surface area contributed by atoms with Crippen molar-refractivity contribution in [3.05, 3.63) is 81.3 Å². The van der Waals surface area contributed by atoms with Gasteiger partial charge in [0.15, 0.2) is 5.13 Å². The molecule has 8 heteroatoms. The third-order valence-electron chi connectivity index (χ3n) is 4.17. The fraction of sp³-hybridized carbons (Fsp3) is 0.0526. The minimum atomic E-state index is -0.446. The summed E-state index contributed by atoms with van der Waals surface area (Å²) in [4.78, 5) is 42.8. The van der Waals surface area contributed by atoms with Crippen LogP contribution >= 0.6 is 22.9 Å². The molecule has 0 unspecified atom stereocenters. The number of aromatic nitrogens is 1. The first kappa shape index (κ1) is 17.4. The molecule has 1 aliphatic heterocycles. The first-order valence-electron chi connectivity index (χ1n) is 7.99. The standard InChI is InChI=1S/C19H12ClN3O3S/c20-15-4-2-1-3-12(15)10-23-17(25)13-6-5-11(9-14(13)18(23)26)16(24)22-19-21-7-8-27-19/h1-9H,10H2,(H,21,22,24). The average molecular weight is 398 g/mol. The van der Waals surface area contributed by atoms with Crippen molar-refractivity contribution in [1.29, 1.82) is 0 Å². The van der Waals surface area contributed by atoms with E-state index >= 15 is 0 Å². The molecule has 2 aromatic carbocycles. The summed E-state index contributed by atoms with van der Waals surface area (Å²) in [5.41, 5.74) is 1.44. The van der Waals surface area contributed by atoms with Crippen LogP contribution in [-0.2, 0) is 6.54 Å². The van der Waals surface area contributed by atoms with Gasteiger partial charge in [0, 0.05) is 22.2 Å². The lowest BCUT2D eigenvalue weighted by atomic mass is 10.1. The largest absolute Gasteiger partial charge is 0.298 e. The summed E-state index contributed by atoms with van der Waals surface area (Å²) < 4.78 is 0. The molecule has 0 spiro atoms. The number of nitrogens with one attached hydrogen (secondary N) is 1. The van der Waals surface area contributed by atoms with Crippen LogP contribution in [0.5, 0.6) is 0 Å². The maximum Gasteiger partial charge on any atom is 0.261 e. The summed E-state index contributed by atoms with van der Waals surface area (Å²) >= 11 is 7.43. The van der Waals surface area contributed by atoms with Crippen molar-refractivity contribution in [1.82, 2.24) is 9.88 Å². The van der Waals surface area contributed by atoms with Gasteiger partial charge in [-0.15, -0.1) is 11.3 Å². The Hall–Kier alpha value is -3.03. The van der Waals surface area contributed by atoms with E-state index in [0.717, 1.165) is 4.90 Å². The van der Waals surface area contributed by atoms with Gasteiger partial charge in [-0.3, -0.25) is 24.6 Å². The van der Waals surface area contributed by atoms with Crippen molar-refractivity contribution in [3.63, 3.8) is 0 Å². The SMILES string of the molecule is O=C(Nc1nccs1)c1ccc2c(c1)C(=O)N(Cc1ccccc1Cl)C2=O. The van der Waals surface area contributed by atoms with Crippen molar-refractivity contribution < 1.29 is 14.4 Å². The van der Waals surface area contributed by atoms with Crippen molar-refractivity contribution >= 4 is 45.8 Å². The fourth-order valence-corrected chi connectivity index (χ4v) is 3.55. The summed E-state index contributed by atoms with van der Waals surface area (Å²) in [5, 5.41) is 5.34. The highest BCUT2D eigenvalue weighted by Crippen LogP contribution is 2.27. The van der Waals surface area contributed by atoms with Crippen LogP contribution in [0.3, 0.4) is 0 Å². The molecule has 1 aliphatic rings. The van der Waals surface area contributed by atoms with Crippen molar-refractivity contribution in [2.75, 3.05) is 5.32 Å². The number of anilines is 1. The van der Waals surface area contributed by atoms with Crippen LogP contribution in [0.1, 0.15) is 36.6 Å². The van der Waals surface area contributed by atoms with Gasteiger partial charge in [0.25, 0.3) is 17.7 Å². The third kappa shape index (κ3) is 3.22. The van der Waals surface area contributed by atoms with Crippen LogP contribution in [0.2, 0.25) is 5.02 Å². The van der Waals surface area contributed by atoms with Crippen molar-refractivity contribution in [2.24, 2.45) is 0 Å². The van der Waals surface area contributed by atoms with Crippen LogP contribution in [0.25, 0.3) is 0 Å². The van der Waals surface area contributed by atoms with Crippen molar-refractivity contribution in [3.8, 4) is 0 Å². The van der Waals surface area contributed by atoms with E-state index in [4.69, 9.17) is 11.6 Å². The topological polar surface area (TPSA) is 79.4 Å². The van der Waals surface area contributed by atoms with Gasteiger partial charge in [0.05, 0.1) is 17.7 Å².